The molecule has 15 rings (SSSR count). The summed E-state index contributed by atoms with van der Waals surface area (Å²) in [6, 6.07) is 73.9. The number of rotatable bonds is 5. The van der Waals surface area contributed by atoms with Gasteiger partial charge in [0.05, 0.1) is 11.0 Å². The topological polar surface area (TPSA) is 56.7 Å². The first-order valence-corrected chi connectivity index (χ1v) is 24.4. The first kappa shape index (κ1) is 37.7. The van der Waals surface area contributed by atoms with E-state index in [9.17, 15) is 0 Å². The Balaban J connectivity index is 1.02. The van der Waals surface area contributed by atoms with Crippen LogP contribution in [0.5, 0.6) is 0 Å². The summed E-state index contributed by atoms with van der Waals surface area (Å²) >= 11 is 3.62. The molecule has 0 bridgehead atoms. The maximum absolute atomic E-state index is 6.81. The molecule has 0 amide bonds. The molecular formula is C61H34N4OS2. The molecule has 0 unspecified atom stereocenters. The average molecular weight is 903 g/mol. The number of furan rings is 1. The molecule has 0 radical (unpaired) electrons. The number of hydrogen-bond donors (Lipinski definition) is 0. The molecule has 0 N–H and O–H groups in total. The van der Waals surface area contributed by atoms with E-state index in [-0.39, 0.29) is 0 Å². The predicted octanol–water partition coefficient (Wildman–Crippen LogP) is 17.4. The zero-order valence-corrected chi connectivity index (χ0v) is 37.8. The van der Waals surface area contributed by atoms with Crippen LogP contribution in [0, 0.1) is 0 Å². The SMILES string of the molecule is c1ccc2cc3c(cc2c1)c1ccccc1n3-c1ccc(-c2nc(-c3ccc4sc5ccccc5c4c3)nc(-c3ccc4sc5ccccc5c4c3)n2)c(-c2cccc3c2oc2ccccc23)c1. The van der Waals surface area contributed by atoms with E-state index in [0.717, 1.165) is 66.5 Å². The molecule has 5 heterocycles. The summed E-state index contributed by atoms with van der Waals surface area (Å²) in [5.41, 5.74) is 9.63. The fourth-order valence-corrected chi connectivity index (χ4v) is 12.6. The molecule has 5 nitrogen and oxygen atoms in total. The lowest BCUT2D eigenvalue weighted by Crippen LogP contribution is -2.02. The van der Waals surface area contributed by atoms with E-state index < -0.39 is 0 Å². The van der Waals surface area contributed by atoms with E-state index in [2.05, 4.69) is 199 Å². The number of aromatic nitrogens is 4. The fourth-order valence-electron chi connectivity index (χ4n) is 10.5. The highest BCUT2D eigenvalue weighted by atomic mass is 32.1. The monoisotopic (exact) mass is 902 g/mol. The lowest BCUT2D eigenvalue weighted by atomic mass is 9.96. The minimum absolute atomic E-state index is 0.582. The molecule has 15 aromatic rings. The molecule has 5 aromatic heterocycles. The van der Waals surface area contributed by atoms with Crippen molar-refractivity contribution < 1.29 is 4.42 Å². The molecular weight excluding hydrogens is 869 g/mol. The van der Waals surface area contributed by atoms with Crippen LogP contribution in [0.3, 0.4) is 0 Å². The van der Waals surface area contributed by atoms with Crippen molar-refractivity contribution >= 4 is 118 Å². The summed E-state index contributed by atoms with van der Waals surface area (Å²) in [4.78, 5) is 16.2. The summed E-state index contributed by atoms with van der Waals surface area (Å²) in [7, 11) is 0. The van der Waals surface area contributed by atoms with Crippen molar-refractivity contribution in [3.63, 3.8) is 0 Å². The Kier molecular flexibility index (Phi) is 8.04. The molecule has 0 aliphatic heterocycles. The fraction of sp³-hybridized carbons (Fsp3) is 0. The van der Waals surface area contributed by atoms with Gasteiger partial charge in [-0.2, -0.15) is 0 Å². The highest BCUT2D eigenvalue weighted by molar-refractivity contribution is 7.26. The predicted molar refractivity (Wildman–Crippen MR) is 286 cm³/mol. The van der Waals surface area contributed by atoms with Crippen molar-refractivity contribution in [2.75, 3.05) is 0 Å². The second kappa shape index (κ2) is 14.5. The van der Waals surface area contributed by atoms with E-state index >= 15 is 0 Å². The molecule has 0 fully saturated rings. The zero-order valence-electron chi connectivity index (χ0n) is 36.1. The van der Waals surface area contributed by atoms with Crippen LogP contribution in [0.4, 0.5) is 0 Å². The molecule has 0 aliphatic carbocycles. The molecule has 0 saturated carbocycles. The van der Waals surface area contributed by atoms with Crippen LogP contribution in [-0.4, -0.2) is 19.5 Å². The van der Waals surface area contributed by atoms with E-state index in [1.165, 1.54) is 61.9 Å². The molecule has 10 aromatic carbocycles. The smallest absolute Gasteiger partial charge is 0.164 e. The molecule has 0 spiro atoms. The Labute approximate surface area is 396 Å². The largest absolute Gasteiger partial charge is 0.455 e. The summed E-state index contributed by atoms with van der Waals surface area (Å²) in [5, 5.41) is 11.8. The summed E-state index contributed by atoms with van der Waals surface area (Å²) in [6.45, 7) is 0. The third-order valence-electron chi connectivity index (χ3n) is 13.6. The Bertz CT molecular complexity index is 4460. The van der Waals surface area contributed by atoms with Crippen LogP contribution in [0.2, 0.25) is 0 Å². The highest BCUT2D eigenvalue weighted by Crippen LogP contribution is 2.44. The number of para-hydroxylation sites is 3. The van der Waals surface area contributed by atoms with Gasteiger partial charge >= 0.3 is 0 Å². The van der Waals surface area contributed by atoms with Crippen LogP contribution in [0.25, 0.3) is 146 Å². The summed E-state index contributed by atoms with van der Waals surface area (Å²) < 4.78 is 14.2. The van der Waals surface area contributed by atoms with Gasteiger partial charge in [0.1, 0.15) is 11.2 Å². The molecule has 0 saturated heterocycles. The number of fused-ring (bicyclic) bond motifs is 13. The second-order valence-electron chi connectivity index (χ2n) is 17.5. The molecule has 7 heteroatoms. The average Bonchev–Trinajstić information content (AvgIpc) is 4.16. The molecule has 68 heavy (non-hydrogen) atoms. The third-order valence-corrected chi connectivity index (χ3v) is 15.9. The third kappa shape index (κ3) is 5.70. The van der Waals surface area contributed by atoms with Crippen LogP contribution >= 0.6 is 22.7 Å². The van der Waals surface area contributed by atoms with Crippen molar-refractivity contribution in [2.24, 2.45) is 0 Å². The Morgan fingerprint density at radius 1 is 0.338 bits per heavy atom. The normalized spacial score (nSPS) is 12.1. The van der Waals surface area contributed by atoms with E-state index in [4.69, 9.17) is 19.4 Å². The van der Waals surface area contributed by atoms with Crippen molar-refractivity contribution in [2.45, 2.75) is 0 Å². The number of hydrogen-bond acceptors (Lipinski definition) is 6. The Hall–Kier alpha value is -8.49. The van der Waals surface area contributed by atoms with Gasteiger partial charge in [0.25, 0.3) is 0 Å². The van der Waals surface area contributed by atoms with Gasteiger partial charge in [-0.15, -0.1) is 22.7 Å². The molecule has 0 aliphatic rings. The van der Waals surface area contributed by atoms with Crippen LogP contribution < -0.4 is 0 Å². The number of nitrogens with zero attached hydrogens (tertiary/aromatic N) is 4. The van der Waals surface area contributed by atoms with Crippen molar-refractivity contribution in [3.8, 4) is 51.0 Å². The van der Waals surface area contributed by atoms with Gasteiger partial charge in [-0.25, -0.2) is 15.0 Å². The van der Waals surface area contributed by atoms with Gasteiger partial charge in [0.15, 0.2) is 17.5 Å². The van der Waals surface area contributed by atoms with Gasteiger partial charge in [0.2, 0.25) is 0 Å². The molecule has 316 valence electrons. The number of thiophene rings is 2. The van der Waals surface area contributed by atoms with E-state index in [0.29, 0.717) is 17.5 Å². The van der Waals surface area contributed by atoms with E-state index in [1.54, 1.807) is 0 Å². The minimum atomic E-state index is 0.582. The summed E-state index contributed by atoms with van der Waals surface area (Å²) in [5.74, 6) is 1.81. The Morgan fingerprint density at radius 2 is 0.912 bits per heavy atom. The first-order valence-electron chi connectivity index (χ1n) is 22.7. The quantitative estimate of drug-likeness (QED) is 0.173. The lowest BCUT2D eigenvalue weighted by Gasteiger charge is -2.16. The summed E-state index contributed by atoms with van der Waals surface area (Å²) in [6.07, 6.45) is 0. The van der Waals surface area contributed by atoms with Gasteiger partial charge in [0, 0.05) is 89.8 Å². The van der Waals surface area contributed by atoms with Gasteiger partial charge in [-0.3, -0.25) is 0 Å². The maximum Gasteiger partial charge on any atom is 0.164 e. The lowest BCUT2D eigenvalue weighted by molar-refractivity contribution is 0.670. The van der Waals surface area contributed by atoms with E-state index in [1.807, 2.05) is 34.8 Å². The standard InChI is InChI=1S/C61H34N4OS2/c1-2-13-36-33-52-48(30-35(36)12-1)40-14-3-7-20-51(40)65(52)39-26-27-46(47(34-39)45-19-11-18-44-41-15-4-8-21-53(41)66-58(44)45)61-63-59(37-24-28-56-49(31-37)42-16-5-9-22-54(42)67-56)62-60(64-61)38-25-29-57-50(32-38)43-17-6-10-23-55(43)68-57/h1-34H. The molecule has 0 atom stereocenters. The number of benzene rings is 10. The van der Waals surface area contributed by atoms with Gasteiger partial charge < -0.3 is 8.98 Å². The van der Waals surface area contributed by atoms with Crippen LogP contribution in [0.1, 0.15) is 0 Å². The van der Waals surface area contributed by atoms with Crippen molar-refractivity contribution in [1.29, 1.82) is 0 Å². The second-order valence-corrected chi connectivity index (χ2v) is 19.7. The highest BCUT2D eigenvalue weighted by Gasteiger charge is 2.23. The first-order chi connectivity index (χ1) is 33.7. The van der Waals surface area contributed by atoms with Gasteiger partial charge in [-0.05, 0) is 107 Å². The minimum Gasteiger partial charge on any atom is -0.455 e. The zero-order chi connectivity index (χ0) is 44.5. The van der Waals surface area contributed by atoms with Gasteiger partial charge in [-0.1, -0.05) is 115 Å². The van der Waals surface area contributed by atoms with Crippen LogP contribution in [-0.2, 0) is 0 Å². The maximum atomic E-state index is 6.81. The van der Waals surface area contributed by atoms with Crippen LogP contribution in [0.15, 0.2) is 211 Å². The Morgan fingerprint density at radius 3 is 1.63 bits per heavy atom. The van der Waals surface area contributed by atoms with Crippen molar-refractivity contribution in [3.05, 3.63) is 206 Å². The van der Waals surface area contributed by atoms with Crippen molar-refractivity contribution in [1.82, 2.24) is 19.5 Å².